The standard InChI is InChI=1S/C13H13NO4S/c1-17-9-4-2-3-5-10(9)18-7-6-12-14-8-11(19-12)13(15)16/h2-5,8H,6-7H2,1H3,(H,15,16). The van der Waals surface area contributed by atoms with E-state index < -0.39 is 5.97 Å². The Kier molecular flexibility index (Phi) is 4.35. The fraction of sp³-hybridized carbons (Fsp3) is 0.231. The zero-order chi connectivity index (χ0) is 13.7. The zero-order valence-corrected chi connectivity index (χ0v) is 11.1. The summed E-state index contributed by atoms with van der Waals surface area (Å²) in [5, 5.41) is 9.54. The van der Waals surface area contributed by atoms with E-state index in [0.29, 0.717) is 24.5 Å². The Morgan fingerprint density at radius 1 is 1.37 bits per heavy atom. The van der Waals surface area contributed by atoms with E-state index in [9.17, 15) is 4.79 Å². The van der Waals surface area contributed by atoms with Crippen LogP contribution in [-0.4, -0.2) is 29.8 Å². The van der Waals surface area contributed by atoms with E-state index in [4.69, 9.17) is 14.6 Å². The number of para-hydroxylation sites is 2. The molecular weight excluding hydrogens is 266 g/mol. The number of thiazole rings is 1. The summed E-state index contributed by atoms with van der Waals surface area (Å²) in [6.07, 6.45) is 1.93. The van der Waals surface area contributed by atoms with Gasteiger partial charge in [0.25, 0.3) is 0 Å². The van der Waals surface area contributed by atoms with Crippen LogP contribution in [0.25, 0.3) is 0 Å². The van der Waals surface area contributed by atoms with Crippen LogP contribution in [0.4, 0.5) is 0 Å². The molecular formula is C13H13NO4S. The normalized spacial score (nSPS) is 10.2. The second-order valence-corrected chi connectivity index (χ2v) is 4.79. The Hall–Kier alpha value is -2.08. The Bertz CT molecular complexity index is 567. The molecule has 2 aromatic rings. The Balaban J connectivity index is 1.90. The second kappa shape index (κ2) is 6.19. The molecule has 0 bridgehead atoms. The summed E-state index contributed by atoms with van der Waals surface area (Å²) >= 11 is 1.16. The number of hydrogen-bond donors (Lipinski definition) is 1. The number of carboxylic acid groups (broad SMARTS) is 1. The summed E-state index contributed by atoms with van der Waals surface area (Å²) in [5.74, 6) is 0.391. The first-order valence-electron chi connectivity index (χ1n) is 5.64. The quantitative estimate of drug-likeness (QED) is 0.879. The molecule has 0 aliphatic rings. The molecule has 0 atom stereocenters. The van der Waals surface area contributed by atoms with E-state index in [1.165, 1.54) is 6.20 Å². The Morgan fingerprint density at radius 2 is 2.11 bits per heavy atom. The number of rotatable bonds is 6. The summed E-state index contributed by atoms with van der Waals surface area (Å²) in [6, 6.07) is 7.38. The number of methoxy groups -OCH3 is 1. The third kappa shape index (κ3) is 3.45. The molecule has 0 spiro atoms. The highest BCUT2D eigenvalue weighted by atomic mass is 32.1. The molecule has 100 valence electrons. The lowest BCUT2D eigenvalue weighted by atomic mass is 10.3. The van der Waals surface area contributed by atoms with Gasteiger partial charge in [-0.2, -0.15) is 0 Å². The lowest BCUT2D eigenvalue weighted by Crippen LogP contribution is -2.02. The molecule has 0 unspecified atom stereocenters. The van der Waals surface area contributed by atoms with E-state index in [2.05, 4.69) is 4.98 Å². The van der Waals surface area contributed by atoms with Crippen molar-refractivity contribution in [3.63, 3.8) is 0 Å². The molecule has 0 aliphatic carbocycles. The van der Waals surface area contributed by atoms with Gasteiger partial charge in [-0.15, -0.1) is 11.3 Å². The molecule has 1 aromatic heterocycles. The Labute approximate surface area is 114 Å². The highest BCUT2D eigenvalue weighted by Gasteiger charge is 2.09. The molecule has 1 heterocycles. The number of carbonyl (C=O) groups is 1. The fourth-order valence-corrected chi connectivity index (χ4v) is 2.25. The lowest BCUT2D eigenvalue weighted by Gasteiger charge is -2.09. The molecule has 19 heavy (non-hydrogen) atoms. The molecule has 1 N–H and O–H groups in total. The van der Waals surface area contributed by atoms with Crippen LogP contribution in [-0.2, 0) is 6.42 Å². The topological polar surface area (TPSA) is 68.7 Å². The number of ether oxygens (including phenoxy) is 2. The zero-order valence-electron chi connectivity index (χ0n) is 10.3. The average Bonchev–Trinajstić information content (AvgIpc) is 2.88. The smallest absolute Gasteiger partial charge is 0.347 e. The highest BCUT2D eigenvalue weighted by molar-refractivity contribution is 7.13. The van der Waals surface area contributed by atoms with Crippen molar-refractivity contribution in [2.24, 2.45) is 0 Å². The fourth-order valence-electron chi connectivity index (χ4n) is 1.51. The van der Waals surface area contributed by atoms with Crippen molar-refractivity contribution in [2.45, 2.75) is 6.42 Å². The molecule has 0 saturated carbocycles. The minimum Gasteiger partial charge on any atom is -0.493 e. The molecule has 0 fully saturated rings. The van der Waals surface area contributed by atoms with E-state index in [1.807, 2.05) is 24.3 Å². The minimum atomic E-state index is -0.950. The van der Waals surface area contributed by atoms with Gasteiger partial charge in [0.05, 0.1) is 24.9 Å². The maximum absolute atomic E-state index is 10.7. The van der Waals surface area contributed by atoms with Crippen LogP contribution in [0.1, 0.15) is 14.7 Å². The van der Waals surface area contributed by atoms with Crippen molar-refractivity contribution in [1.29, 1.82) is 0 Å². The molecule has 0 saturated heterocycles. The summed E-state index contributed by atoms with van der Waals surface area (Å²) < 4.78 is 10.8. The first kappa shape index (κ1) is 13.4. The number of aromatic nitrogens is 1. The first-order chi connectivity index (χ1) is 9.20. The van der Waals surface area contributed by atoms with Gasteiger partial charge in [-0.25, -0.2) is 9.78 Å². The lowest BCUT2D eigenvalue weighted by molar-refractivity contribution is 0.0702. The van der Waals surface area contributed by atoms with Crippen LogP contribution in [0.2, 0.25) is 0 Å². The van der Waals surface area contributed by atoms with Gasteiger partial charge in [0.15, 0.2) is 11.5 Å². The maximum Gasteiger partial charge on any atom is 0.347 e. The number of benzene rings is 1. The van der Waals surface area contributed by atoms with Crippen molar-refractivity contribution >= 4 is 17.3 Å². The van der Waals surface area contributed by atoms with Crippen molar-refractivity contribution in [2.75, 3.05) is 13.7 Å². The minimum absolute atomic E-state index is 0.243. The molecule has 1 aromatic carbocycles. The third-order valence-corrected chi connectivity index (χ3v) is 3.45. The van der Waals surface area contributed by atoms with Crippen molar-refractivity contribution in [3.05, 3.63) is 40.3 Å². The van der Waals surface area contributed by atoms with Gasteiger partial charge in [0.1, 0.15) is 4.88 Å². The number of carboxylic acids is 1. The summed E-state index contributed by atoms with van der Waals surface area (Å²) in [6.45, 7) is 0.424. The maximum atomic E-state index is 10.7. The molecule has 0 aliphatic heterocycles. The SMILES string of the molecule is COc1ccccc1OCCc1ncc(C(=O)O)s1. The van der Waals surface area contributed by atoms with Crippen LogP contribution in [0.5, 0.6) is 11.5 Å². The van der Waals surface area contributed by atoms with E-state index in [0.717, 1.165) is 16.3 Å². The van der Waals surface area contributed by atoms with Gasteiger partial charge in [0, 0.05) is 6.42 Å². The predicted octanol–water partition coefficient (Wildman–Crippen LogP) is 2.47. The molecule has 0 radical (unpaired) electrons. The van der Waals surface area contributed by atoms with Gasteiger partial charge in [0.2, 0.25) is 0 Å². The van der Waals surface area contributed by atoms with Gasteiger partial charge >= 0.3 is 5.97 Å². The van der Waals surface area contributed by atoms with Crippen LogP contribution in [0.15, 0.2) is 30.5 Å². The van der Waals surface area contributed by atoms with Crippen molar-refractivity contribution < 1.29 is 19.4 Å². The first-order valence-corrected chi connectivity index (χ1v) is 6.46. The molecule has 5 nitrogen and oxygen atoms in total. The predicted molar refractivity (Wildman–Crippen MR) is 71.3 cm³/mol. The summed E-state index contributed by atoms with van der Waals surface area (Å²) in [5.41, 5.74) is 0. The van der Waals surface area contributed by atoms with Crippen LogP contribution in [0, 0.1) is 0 Å². The largest absolute Gasteiger partial charge is 0.493 e. The van der Waals surface area contributed by atoms with Crippen LogP contribution < -0.4 is 9.47 Å². The molecule has 6 heteroatoms. The van der Waals surface area contributed by atoms with Crippen LogP contribution in [0.3, 0.4) is 0 Å². The highest BCUT2D eigenvalue weighted by Crippen LogP contribution is 2.26. The molecule has 2 rings (SSSR count). The van der Waals surface area contributed by atoms with Crippen molar-refractivity contribution in [3.8, 4) is 11.5 Å². The second-order valence-electron chi connectivity index (χ2n) is 3.67. The molecule has 0 amide bonds. The van der Waals surface area contributed by atoms with Gasteiger partial charge in [-0.3, -0.25) is 0 Å². The Morgan fingerprint density at radius 3 is 2.74 bits per heavy atom. The van der Waals surface area contributed by atoms with Gasteiger partial charge < -0.3 is 14.6 Å². The van der Waals surface area contributed by atoms with Gasteiger partial charge in [-0.05, 0) is 12.1 Å². The summed E-state index contributed by atoms with van der Waals surface area (Å²) in [4.78, 5) is 15.0. The third-order valence-electron chi connectivity index (χ3n) is 2.41. The average molecular weight is 279 g/mol. The number of hydrogen-bond acceptors (Lipinski definition) is 5. The van der Waals surface area contributed by atoms with E-state index in [1.54, 1.807) is 7.11 Å². The number of aromatic carboxylic acids is 1. The monoisotopic (exact) mass is 279 g/mol. The summed E-state index contributed by atoms with van der Waals surface area (Å²) in [7, 11) is 1.59. The van der Waals surface area contributed by atoms with E-state index in [-0.39, 0.29) is 4.88 Å². The number of nitrogens with zero attached hydrogens (tertiary/aromatic N) is 1. The van der Waals surface area contributed by atoms with Gasteiger partial charge in [-0.1, -0.05) is 12.1 Å². The van der Waals surface area contributed by atoms with Crippen molar-refractivity contribution in [1.82, 2.24) is 4.98 Å². The van der Waals surface area contributed by atoms with Crippen LogP contribution >= 0.6 is 11.3 Å². The van der Waals surface area contributed by atoms with E-state index >= 15 is 0 Å².